The van der Waals surface area contributed by atoms with Gasteiger partial charge in [-0.1, -0.05) is 0 Å². The van der Waals surface area contributed by atoms with Gasteiger partial charge in [0.25, 0.3) is 15.9 Å². The molecule has 0 aromatic carbocycles. The fourth-order valence-electron chi connectivity index (χ4n) is 3.15. The fourth-order valence-corrected chi connectivity index (χ4v) is 4.08. The molecule has 3 heterocycles. The number of nitrogens with one attached hydrogen (secondary N) is 1. The van der Waals surface area contributed by atoms with Gasteiger partial charge in [-0.15, -0.1) is 23.2 Å². The van der Waals surface area contributed by atoms with Crippen molar-refractivity contribution >= 4 is 50.6 Å². The topological polar surface area (TPSA) is 118 Å². The average molecular weight is 512 g/mol. The standard InChI is InChI=1S/C18H18Cl2F3N5O3S/c19-17(20)3-1-6-28(7-4-17)15-13(8-11(10-26-15)18(21,22)23)16(29)27-12-2-5-25-14(9-12)32(24,30)31/h2,5,8-10H,1,3-4,6-7H2,(H2,24,30,31)(H,25,27,29). The van der Waals surface area contributed by atoms with Crippen LogP contribution in [-0.4, -0.2) is 41.7 Å². The molecule has 0 aliphatic carbocycles. The Balaban J connectivity index is 1.98. The van der Waals surface area contributed by atoms with Gasteiger partial charge in [-0.25, -0.2) is 23.5 Å². The van der Waals surface area contributed by atoms with Gasteiger partial charge in [0.2, 0.25) is 0 Å². The zero-order valence-electron chi connectivity index (χ0n) is 16.4. The summed E-state index contributed by atoms with van der Waals surface area (Å²) in [6.45, 7) is 0.654. The lowest BCUT2D eigenvalue weighted by atomic mass is 10.1. The van der Waals surface area contributed by atoms with Gasteiger partial charge in [0.1, 0.15) is 10.2 Å². The van der Waals surface area contributed by atoms with Crippen LogP contribution in [0.2, 0.25) is 0 Å². The quantitative estimate of drug-likeness (QED) is 0.605. The molecule has 8 nitrogen and oxygen atoms in total. The highest BCUT2D eigenvalue weighted by molar-refractivity contribution is 7.89. The van der Waals surface area contributed by atoms with E-state index in [1.54, 1.807) is 4.90 Å². The molecule has 0 unspecified atom stereocenters. The maximum absolute atomic E-state index is 13.3. The number of primary sulfonamides is 1. The van der Waals surface area contributed by atoms with Crippen LogP contribution in [0.1, 0.15) is 35.2 Å². The SMILES string of the molecule is NS(=O)(=O)c1cc(NC(=O)c2cc(C(F)(F)F)cnc2N2CCCC(Cl)(Cl)CC2)ccn1. The van der Waals surface area contributed by atoms with Gasteiger partial charge in [-0.05, 0) is 31.4 Å². The summed E-state index contributed by atoms with van der Waals surface area (Å²) >= 11 is 12.4. The van der Waals surface area contributed by atoms with Gasteiger partial charge in [0.05, 0.1) is 11.1 Å². The van der Waals surface area contributed by atoms with Crippen molar-refractivity contribution < 1.29 is 26.4 Å². The first-order valence-electron chi connectivity index (χ1n) is 9.26. The molecule has 0 radical (unpaired) electrons. The van der Waals surface area contributed by atoms with E-state index in [0.29, 0.717) is 38.1 Å². The molecule has 2 aromatic heterocycles. The summed E-state index contributed by atoms with van der Waals surface area (Å²) in [5.41, 5.74) is -1.47. The second-order valence-corrected chi connectivity index (χ2v) is 10.3. The maximum Gasteiger partial charge on any atom is 0.417 e. The number of sulfonamides is 1. The molecular weight excluding hydrogens is 494 g/mol. The smallest absolute Gasteiger partial charge is 0.356 e. The van der Waals surface area contributed by atoms with Crippen LogP contribution in [0, 0.1) is 0 Å². The van der Waals surface area contributed by atoms with Gasteiger partial charge >= 0.3 is 6.18 Å². The average Bonchev–Trinajstić information content (AvgIpc) is 2.87. The van der Waals surface area contributed by atoms with E-state index < -0.39 is 37.0 Å². The first-order valence-corrected chi connectivity index (χ1v) is 11.6. The van der Waals surface area contributed by atoms with Crippen LogP contribution < -0.4 is 15.4 Å². The van der Waals surface area contributed by atoms with E-state index in [-0.39, 0.29) is 23.6 Å². The highest BCUT2D eigenvalue weighted by atomic mass is 35.5. The Morgan fingerprint density at radius 3 is 2.56 bits per heavy atom. The lowest BCUT2D eigenvalue weighted by Gasteiger charge is -2.25. The monoisotopic (exact) mass is 511 g/mol. The normalized spacial score (nSPS) is 17.0. The highest BCUT2D eigenvalue weighted by Crippen LogP contribution is 2.36. The number of amides is 1. The number of pyridine rings is 2. The van der Waals surface area contributed by atoms with Gasteiger partial charge in [-0.3, -0.25) is 4.79 Å². The maximum atomic E-state index is 13.3. The van der Waals surface area contributed by atoms with Crippen LogP contribution in [0.5, 0.6) is 0 Å². The Kier molecular flexibility index (Phi) is 6.89. The Morgan fingerprint density at radius 2 is 1.91 bits per heavy atom. The summed E-state index contributed by atoms with van der Waals surface area (Å²) in [5, 5.41) is 6.89. The number of nitrogens with two attached hydrogens (primary N) is 1. The highest BCUT2D eigenvalue weighted by Gasteiger charge is 2.34. The second kappa shape index (κ2) is 9.00. The summed E-state index contributed by atoms with van der Waals surface area (Å²) in [5.74, 6) is -0.889. The molecule has 32 heavy (non-hydrogen) atoms. The molecule has 0 atom stereocenters. The van der Waals surface area contributed by atoms with Crippen LogP contribution in [0.25, 0.3) is 0 Å². The third-order valence-electron chi connectivity index (χ3n) is 4.74. The molecule has 1 aliphatic heterocycles. The number of carbonyl (C=O) groups excluding carboxylic acids is 1. The summed E-state index contributed by atoms with van der Waals surface area (Å²) in [6.07, 6.45) is -1.64. The van der Waals surface area contributed by atoms with Crippen molar-refractivity contribution in [3.05, 3.63) is 41.7 Å². The van der Waals surface area contributed by atoms with Crippen LogP contribution in [0.4, 0.5) is 24.7 Å². The number of aromatic nitrogens is 2. The molecule has 2 aromatic rings. The number of hydrogen-bond acceptors (Lipinski definition) is 6. The van der Waals surface area contributed by atoms with E-state index in [9.17, 15) is 26.4 Å². The molecule has 3 N–H and O–H groups in total. The largest absolute Gasteiger partial charge is 0.417 e. The van der Waals surface area contributed by atoms with Crippen molar-refractivity contribution in [3.63, 3.8) is 0 Å². The predicted octanol–water partition coefficient (Wildman–Crippen LogP) is 3.56. The summed E-state index contributed by atoms with van der Waals surface area (Å²) in [7, 11) is -4.15. The third-order valence-corrected chi connectivity index (χ3v) is 6.30. The van der Waals surface area contributed by atoms with Gasteiger partial charge < -0.3 is 10.2 Å². The summed E-state index contributed by atoms with van der Waals surface area (Å²) in [4.78, 5) is 22.1. The molecule has 174 valence electrons. The Labute approximate surface area is 192 Å². The number of carbonyl (C=O) groups is 1. The molecule has 0 bridgehead atoms. The van der Waals surface area contributed by atoms with E-state index in [0.717, 1.165) is 12.3 Å². The molecule has 0 spiro atoms. The van der Waals surface area contributed by atoms with E-state index in [1.807, 2.05) is 0 Å². The molecule has 14 heteroatoms. The fraction of sp³-hybridized carbons (Fsp3) is 0.389. The summed E-state index contributed by atoms with van der Waals surface area (Å²) in [6, 6.07) is 2.96. The van der Waals surface area contributed by atoms with Crippen molar-refractivity contribution in [2.75, 3.05) is 23.3 Å². The molecule has 0 saturated carbocycles. The van der Waals surface area contributed by atoms with Crippen molar-refractivity contribution in [3.8, 4) is 0 Å². The van der Waals surface area contributed by atoms with Crippen molar-refractivity contribution in [2.45, 2.75) is 34.8 Å². The van der Waals surface area contributed by atoms with Gasteiger partial charge in [-0.2, -0.15) is 13.2 Å². The number of halogens is 5. The van der Waals surface area contributed by atoms with Gasteiger partial charge in [0, 0.05) is 37.2 Å². The first-order chi connectivity index (χ1) is 14.8. The second-order valence-electron chi connectivity index (χ2n) is 7.17. The lowest BCUT2D eigenvalue weighted by molar-refractivity contribution is -0.137. The number of rotatable bonds is 4. The van der Waals surface area contributed by atoms with Crippen molar-refractivity contribution in [2.24, 2.45) is 5.14 Å². The van der Waals surface area contributed by atoms with Crippen molar-refractivity contribution in [1.29, 1.82) is 0 Å². The molecule has 3 rings (SSSR count). The number of anilines is 2. The van der Waals surface area contributed by atoms with Crippen LogP contribution >= 0.6 is 23.2 Å². The lowest BCUT2D eigenvalue weighted by Crippen LogP contribution is -2.29. The van der Waals surface area contributed by atoms with E-state index in [4.69, 9.17) is 28.3 Å². The molecule has 1 aliphatic rings. The van der Waals surface area contributed by atoms with Gasteiger partial charge in [0.15, 0.2) is 5.03 Å². The number of hydrogen-bond donors (Lipinski definition) is 2. The van der Waals surface area contributed by atoms with Crippen LogP contribution in [-0.2, 0) is 16.2 Å². The molecule has 1 fully saturated rings. The zero-order valence-corrected chi connectivity index (χ0v) is 18.7. The Morgan fingerprint density at radius 1 is 1.19 bits per heavy atom. The Bertz CT molecular complexity index is 1130. The summed E-state index contributed by atoms with van der Waals surface area (Å²) < 4.78 is 61.8. The minimum Gasteiger partial charge on any atom is -0.356 e. The molecule has 1 amide bonds. The predicted molar refractivity (Wildman–Crippen MR) is 113 cm³/mol. The molecular formula is C18H18Cl2F3N5O3S. The van der Waals surface area contributed by atoms with Crippen LogP contribution in [0.15, 0.2) is 35.6 Å². The van der Waals surface area contributed by atoms with Crippen LogP contribution in [0.3, 0.4) is 0 Å². The Hall–Kier alpha value is -2.15. The molecule has 1 saturated heterocycles. The van der Waals surface area contributed by atoms with E-state index >= 15 is 0 Å². The van der Waals surface area contributed by atoms with E-state index in [1.165, 1.54) is 6.07 Å². The zero-order chi connectivity index (χ0) is 23.7. The first kappa shape index (κ1) is 24.5. The van der Waals surface area contributed by atoms with Crippen molar-refractivity contribution in [1.82, 2.24) is 9.97 Å². The number of alkyl halides is 5. The minimum absolute atomic E-state index is 0.0196. The minimum atomic E-state index is -4.72. The number of nitrogens with zero attached hydrogens (tertiary/aromatic N) is 3. The van der Waals surface area contributed by atoms with E-state index in [2.05, 4.69) is 15.3 Å². The third kappa shape index (κ3) is 6.00.